The normalized spacial score (nSPS) is 12.2. The van der Waals surface area contributed by atoms with Crippen molar-refractivity contribution in [1.82, 2.24) is 19.5 Å². The van der Waals surface area contributed by atoms with E-state index < -0.39 is 0 Å². The van der Waals surface area contributed by atoms with E-state index in [1.54, 1.807) is 0 Å². The average Bonchev–Trinajstić information content (AvgIpc) is 3.61. The van der Waals surface area contributed by atoms with Crippen molar-refractivity contribution >= 4 is 39.2 Å². The Morgan fingerprint density at radius 3 is 2.51 bits per heavy atom. The fourth-order valence-corrected chi connectivity index (χ4v) is 5.98. The number of hydrogen-bond donors (Lipinski definition) is 0. The van der Waals surface area contributed by atoms with Gasteiger partial charge in [-0.15, -0.1) is 54.1 Å². The van der Waals surface area contributed by atoms with Gasteiger partial charge in [0, 0.05) is 49.5 Å². The van der Waals surface area contributed by atoms with E-state index in [9.17, 15) is 0 Å². The number of furan rings is 1. The van der Waals surface area contributed by atoms with Crippen LogP contribution >= 0.6 is 0 Å². The van der Waals surface area contributed by atoms with Gasteiger partial charge in [-0.05, 0) is 54.3 Å². The minimum atomic E-state index is 0. The van der Waals surface area contributed by atoms with Crippen molar-refractivity contribution in [2.75, 3.05) is 0 Å². The van der Waals surface area contributed by atoms with Crippen LogP contribution in [-0.4, -0.2) is 19.5 Å². The maximum Gasteiger partial charge on any atom is 0.216 e. The molecular formula is C39H34IrN4O-2. The topological polar surface area (TPSA) is 56.7 Å². The van der Waals surface area contributed by atoms with Crippen LogP contribution < -0.4 is 0 Å². The molecule has 4 aromatic heterocycles. The van der Waals surface area contributed by atoms with Gasteiger partial charge >= 0.3 is 0 Å². The second kappa shape index (κ2) is 12.5. The Morgan fingerprint density at radius 1 is 0.867 bits per heavy atom. The Balaban J connectivity index is 0.000000156. The third-order valence-electron chi connectivity index (χ3n) is 8.27. The molecule has 1 radical (unpaired) electrons. The van der Waals surface area contributed by atoms with E-state index >= 15 is 0 Å². The number of allylic oxidation sites excluding steroid dienone is 1. The minimum absolute atomic E-state index is 0. The number of pyridine rings is 2. The van der Waals surface area contributed by atoms with E-state index in [-0.39, 0.29) is 20.1 Å². The van der Waals surface area contributed by atoms with Crippen LogP contribution in [0.3, 0.4) is 0 Å². The zero-order chi connectivity index (χ0) is 30.4. The zero-order valence-corrected chi connectivity index (χ0v) is 28.4. The van der Waals surface area contributed by atoms with Gasteiger partial charge in [0.1, 0.15) is 0 Å². The maximum absolute atomic E-state index is 6.04. The summed E-state index contributed by atoms with van der Waals surface area (Å²) in [4.78, 5) is 13.9. The van der Waals surface area contributed by atoms with Gasteiger partial charge in [-0.3, -0.25) is 4.98 Å². The number of nitrogens with zero attached hydrogens (tertiary/aromatic N) is 4. The molecule has 0 spiro atoms. The van der Waals surface area contributed by atoms with E-state index in [2.05, 4.69) is 103 Å². The largest absolute Gasteiger partial charge is 0.486 e. The molecule has 8 rings (SSSR count). The molecule has 227 valence electrons. The Hall–Kier alpha value is -4.38. The molecule has 5 nitrogen and oxygen atoms in total. The molecular weight excluding hydrogens is 733 g/mol. The predicted octanol–water partition coefficient (Wildman–Crippen LogP) is 9.93. The average molecular weight is 767 g/mol. The minimum Gasteiger partial charge on any atom is -0.486 e. The number of imidazole rings is 1. The van der Waals surface area contributed by atoms with Gasteiger partial charge in [0.2, 0.25) is 5.71 Å². The van der Waals surface area contributed by atoms with E-state index in [0.717, 1.165) is 56.8 Å². The molecule has 1 aliphatic heterocycles. The molecule has 1 aliphatic rings. The Morgan fingerprint density at radius 2 is 1.73 bits per heavy atom. The van der Waals surface area contributed by atoms with Crippen molar-refractivity contribution < 1.29 is 24.5 Å². The second-order valence-corrected chi connectivity index (χ2v) is 11.9. The SMILES string of the molecule is CC(C)c1ccc2nc(-c3[c-]cccc3)n3c2c1C=CC3.Cc1ccc2c(n1)oc1c(-c3cc(C(C)C)ccn3)[c-]ccc12.[Ir]. The van der Waals surface area contributed by atoms with Crippen LogP contribution in [0.15, 0.2) is 89.5 Å². The third-order valence-corrected chi connectivity index (χ3v) is 8.27. The zero-order valence-electron chi connectivity index (χ0n) is 26.1. The first-order valence-electron chi connectivity index (χ1n) is 15.2. The first-order valence-corrected chi connectivity index (χ1v) is 15.2. The summed E-state index contributed by atoms with van der Waals surface area (Å²) in [5, 5.41) is 2.08. The monoisotopic (exact) mass is 767 g/mol. The summed E-state index contributed by atoms with van der Waals surface area (Å²) in [6, 6.07) is 31.2. The molecule has 0 amide bonds. The fourth-order valence-electron chi connectivity index (χ4n) is 5.98. The maximum atomic E-state index is 6.04. The number of hydrogen-bond acceptors (Lipinski definition) is 4. The summed E-state index contributed by atoms with van der Waals surface area (Å²) in [6.45, 7) is 11.7. The van der Waals surface area contributed by atoms with Crippen molar-refractivity contribution in [2.45, 2.75) is 53.0 Å². The van der Waals surface area contributed by atoms with E-state index in [1.807, 2.05) is 49.5 Å². The van der Waals surface area contributed by atoms with E-state index in [0.29, 0.717) is 17.5 Å². The number of aryl methyl sites for hydroxylation is 1. The van der Waals surface area contributed by atoms with Crippen LogP contribution in [-0.2, 0) is 26.7 Å². The van der Waals surface area contributed by atoms with Gasteiger partial charge in [0.25, 0.3) is 0 Å². The first-order chi connectivity index (χ1) is 21.4. The molecule has 6 heteroatoms. The van der Waals surface area contributed by atoms with Crippen LogP contribution in [0.2, 0.25) is 0 Å². The van der Waals surface area contributed by atoms with Crippen molar-refractivity contribution in [2.24, 2.45) is 0 Å². The van der Waals surface area contributed by atoms with Crippen LogP contribution in [0.25, 0.3) is 61.8 Å². The van der Waals surface area contributed by atoms with Gasteiger partial charge in [0.05, 0.1) is 22.4 Å². The summed E-state index contributed by atoms with van der Waals surface area (Å²) < 4.78 is 8.34. The van der Waals surface area contributed by atoms with Crippen LogP contribution in [0.5, 0.6) is 0 Å². The second-order valence-electron chi connectivity index (χ2n) is 11.9. The first kappa shape index (κ1) is 30.6. The summed E-state index contributed by atoms with van der Waals surface area (Å²) in [6.07, 6.45) is 6.32. The standard InChI is InChI=1S/C20H17N2O.C19H17N2.Ir/c1-12(2)14-9-10-21-18(11-14)17-6-4-5-15-16-8-7-13(3)22-20(16)23-19(15)17;1-13(2)15-10-11-17-18-16(15)9-6-12-21(18)19(20-17)14-7-4-3-5-8-14;/h4-5,7-12H,1-3H3;3-7,9-11,13H,12H2,1-2H3;/q2*-1;. The summed E-state index contributed by atoms with van der Waals surface area (Å²) >= 11 is 0. The number of benzene rings is 3. The fraction of sp³-hybridized carbons (Fsp3) is 0.205. The van der Waals surface area contributed by atoms with Crippen molar-refractivity contribution in [3.8, 4) is 22.6 Å². The molecule has 0 aliphatic carbocycles. The molecule has 7 aromatic rings. The Bertz CT molecular complexity index is 2170. The molecule has 0 bridgehead atoms. The van der Waals surface area contributed by atoms with Crippen molar-refractivity contribution in [3.05, 3.63) is 120 Å². The molecule has 0 N–H and O–H groups in total. The van der Waals surface area contributed by atoms with Crippen LogP contribution in [0, 0.1) is 19.1 Å². The number of aromatic nitrogens is 4. The van der Waals surface area contributed by atoms with Crippen molar-refractivity contribution in [1.29, 1.82) is 0 Å². The summed E-state index contributed by atoms with van der Waals surface area (Å²) in [5.41, 5.74) is 11.6. The summed E-state index contributed by atoms with van der Waals surface area (Å²) in [7, 11) is 0. The molecule has 5 heterocycles. The molecule has 0 unspecified atom stereocenters. The summed E-state index contributed by atoms with van der Waals surface area (Å²) in [5.74, 6) is 1.98. The van der Waals surface area contributed by atoms with Crippen molar-refractivity contribution in [3.63, 3.8) is 0 Å². The van der Waals surface area contributed by atoms with Gasteiger partial charge in [-0.2, -0.15) is 0 Å². The van der Waals surface area contributed by atoms with Crippen LogP contribution in [0.4, 0.5) is 0 Å². The number of fused-ring (bicyclic) bond motifs is 3. The predicted molar refractivity (Wildman–Crippen MR) is 180 cm³/mol. The van der Waals surface area contributed by atoms with Gasteiger partial charge in [-0.25, -0.2) is 4.98 Å². The Kier molecular flexibility index (Phi) is 8.54. The molecule has 0 saturated heterocycles. The third kappa shape index (κ3) is 5.65. The smallest absolute Gasteiger partial charge is 0.216 e. The number of rotatable bonds is 4. The molecule has 3 aromatic carbocycles. The Labute approximate surface area is 277 Å². The molecule has 0 saturated carbocycles. The van der Waals surface area contributed by atoms with Gasteiger partial charge in [0.15, 0.2) is 0 Å². The van der Waals surface area contributed by atoms with Gasteiger partial charge < -0.3 is 14.0 Å². The molecule has 0 fully saturated rings. The van der Waals surface area contributed by atoms with Gasteiger partial charge in [-0.1, -0.05) is 68.5 Å². The quantitative estimate of drug-likeness (QED) is 0.168. The molecule has 45 heavy (non-hydrogen) atoms. The van der Waals surface area contributed by atoms with Crippen LogP contribution in [0.1, 0.15) is 61.9 Å². The van der Waals surface area contributed by atoms with E-state index in [4.69, 9.17) is 9.40 Å². The van der Waals surface area contributed by atoms with E-state index in [1.165, 1.54) is 22.2 Å². The molecule has 0 atom stereocenters.